The fourth-order valence-corrected chi connectivity index (χ4v) is 4.12. The molecule has 0 radical (unpaired) electrons. The van der Waals surface area contributed by atoms with Crippen LogP contribution in [0.4, 0.5) is 5.69 Å². The van der Waals surface area contributed by atoms with E-state index in [4.69, 9.17) is 4.74 Å². The lowest BCUT2D eigenvalue weighted by atomic mass is 10.1. The van der Waals surface area contributed by atoms with Crippen molar-refractivity contribution >= 4 is 29.1 Å². The van der Waals surface area contributed by atoms with E-state index >= 15 is 0 Å². The summed E-state index contributed by atoms with van der Waals surface area (Å²) in [5.41, 5.74) is 2.35. The lowest BCUT2D eigenvalue weighted by Crippen LogP contribution is -2.53. The van der Waals surface area contributed by atoms with Gasteiger partial charge in [-0.2, -0.15) is 0 Å². The normalized spacial score (nSPS) is 17.2. The highest BCUT2D eigenvalue weighted by Crippen LogP contribution is 2.35. The van der Waals surface area contributed by atoms with Crippen molar-refractivity contribution in [1.29, 1.82) is 0 Å². The molecular weight excluding hydrogens is 406 g/mol. The second kappa shape index (κ2) is 8.86. The Morgan fingerprint density at radius 3 is 2.44 bits per heavy atom. The number of nitrogens with one attached hydrogen (secondary N) is 1. The maximum absolute atomic E-state index is 13.4. The Balaban J connectivity index is 1.55. The fraction of sp³-hybridized carbons (Fsp3) is 0.320. The van der Waals surface area contributed by atoms with Crippen LogP contribution in [-0.4, -0.2) is 47.9 Å². The minimum Gasteiger partial charge on any atom is -0.477 e. The summed E-state index contributed by atoms with van der Waals surface area (Å²) in [5, 5.41) is 2.99. The second-order valence-electron chi connectivity index (χ2n) is 7.98. The topological polar surface area (TPSA) is 79.0 Å². The molecular formula is C25H27N3O4. The first kappa shape index (κ1) is 21.6. The Morgan fingerprint density at radius 1 is 1.09 bits per heavy atom. The van der Waals surface area contributed by atoms with Crippen molar-refractivity contribution in [2.24, 2.45) is 0 Å². The summed E-state index contributed by atoms with van der Waals surface area (Å²) < 4.78 is 5.92. The molecule has 0 bridgehead atoms. The maximum Gasteiger partial charge on any atom is 0.263 e. The minimum atomic E-state index is -0.830. The first-order valence-electron chi connectivity index (χ1n) is 10.9. The van der Waals surface area contributed by atoms with Crippen molar-refractivity contribution in [2.75, 3.05) is 18.0 Å². The van der Waals surface area contributed by atoms with Crippen LogP contribution in [0.5, 0.6) is 5.75 Å². The number of anilines is 1. The van der Waals surface area contributed by atoms with Crippen molar-refractivity contribution in [1.82, 2.24) is 10.2 Å². The molecule has 0 spiro atoms. The molecule has 0 aromatic heterocycles. The third-order valence-electron chi connectivity index (χ3n) is 6.03. The van der Waals surface area contributed by atoms with Gasteiger partial charge in [-0.25, -0.2) is 0 Å². The Labute approximate surface area is 187 Å². The third-order valence-corrected chi connectivity index (χ3v) is 6.03. The first-order valence-corrected chi connectivity index (χ1v) is 10.9. The predicted octanol–water partition coefficient (Wildman–Crippen LogP) is 3.21. The Morgan fingerprint density at radius 2 is 1.75 bits per heavy atom. The summed E-state index contributed by atoms with van der Waals surface area (Å²) in [4.78, 5) is 42.0. The zero-order valence-corrected chi connectivity index (χ0v) is 18.3. The third kappa shape index (κ3) is 3.86. The summed E-state index contributed by atoms with van der Waals surface area (Å²) in [5.74, 6) is -0.335. The van der Waals surface area contributed by atoms with Crippen LogP contribution in [0.2, 0.25) is 0 Å². The quantitative estimate of drug-likeness (QED) is 0.759. The average Bonchev–Trinajstić information content (AvgIpc) is 3.06. The second-order valence-corrected chi connectivity index (χ2v) is 7.98. The highest BCUT2D eigenvalue weighted by Gasteiger charge is 2.37. The van der Waals surface area contributed by atoms with Crippen molar-refractivity contribution < 1.29 is 19.1 Å². The van der Waals surface area contributed by atoms with Crippen molar-refractivity contribution in [3.63, 3.8) is 0 Å². The lowest BCUT2D eigenvalue weighted by molar-refractivity contribution is -0.129. The zero-order chi connectivity index (χ0) is 22.8. The van der Waals surface area contributed by atoms with Gasteiger partial charge in [0.15, 0.2) is 6.10 Å². The number of rotatable bonds is 6. The number of benzene rings is 2. The number of carbonyl (C=O) groups is 3. The van der Waals surface area contributed by atoms with Crippen molar-refractivity contribution in [3.05, 3.63) is 66.2 Å². The molecule has 0 saturated carbocycles. The molecule has 1 N–H and O–H groups in total. The fourth-order valence-electron chi connectivity index (χ4n) is 4.12. The van der Waals surface area contributed by atoms with Gasteiger partial charge in [-0.15, -0.1) is 0 Å². The minimum absolute atomic E-state index is 0.0523. The highest BCUT2D eigenvalue weighted by atomic mass is 16.5. The molecule has 0 fully saturated rings. The van der Waals surface area contributed by atoms with E-state index in [-0.39, 0.29) is 36.9 Å². The first-order chi connectivity index (χ1) is 15.4. The van der Waals surface area contributed by atoms with Crippen LogP contribution in [0.1, 0.15) is 42.6 Å². The van der Waals surface area contributed by atoms with Crippen molar-refractivity contribution in [3.8, 4) is 5.75 Å². The number of para-hydroxylation sites is 2. The summed E-state index contributed by atoms with van der Waals surface area (Å²) in [7, 11) is 0. The summed E-state index contributed by atoms with van der Waals surface area (Å²) in [6, 6.07) is 14.3. The van der Waals surface area contributed by atoms with Gasteiger partial charge in [0.1, 0.15) is 12.3 Å². The maximum atomic E-state index is 13.4. The molecule has 0 aliphatic carbocycles. The Hall–Kier alpha value is -3.61. The molecule has 2 aromatic rings. The van der Waals surface area contributed by atoms with Crippen LogP contribution >= 0.6 is 0 Å². The molecule has 2 aliphatic heterocycles. The molecule has 3 amide bonds. The number of carbonyl (C=O) groups excluding carboxylic acids is 3. The average molecular weight is 434 g/mol. The highest BCUT2D eigenvalue weighted by molar-refractivity contribution is 6.11. The van der Waals surface area contributed by atoms with E-state index in [1.165, 1.54) is 9.80 Å². The van der Waals surface area contributed by atoms with Gasteiger partial charge in [-0.1, -0.05) is 50.8 Å². The molecule has 1 unspecified atom stereocenters. The molecule has 2 heterocycles. The van der Waals surface area contributed by atoms with Crippen LogP contribution < -0.4 is 15.0 Å². The van der Waals surface area contributed by atoms with Gasteiger partial charge >= 0.3 is 0 Å². The van der Waals surface area contributed by atoms with E-state index in [0.29, 0.717) is 22.7 Å². The standard InChI is InChI=1S/C25H27N3O4/c1-4-17(5-2)26-24(30)22-14-28(20-12-8-9-13-21(20)32-22)23(29)15-27-16(3)18-10-6-7-11-19(18)25(27)31/h6-13,17,22H,3-5,14-15H2,1-2H3,(H,26,30). The van der Waals surface area contributed by atoms with Gasteiger partial charge in [0, 0.05) is 22.9 Å². The summed E-state index contributed by atoms with van der Waals surface area (Å²) >= 11 is 0. The van der Waals surface area contributed by atoms with Gasteiger partial charge in [-0.05, 0) is 31.0 Å². The van der Waals surface area contributed by atoms with E-state index in [9.17, 15) is 14.4 Å². The smallest absolute Gasteiger partial charge is 0.263 e. The molecule has 32 heavy (non-hydrogen) atoms. The molecule has 2 aromatic carbocycles. The van der Waals surface area contributed by atoms with E-state index in [1.807, 2.05) is 32.0 Å². The van der Waals surface area contributed by atoms with Crippen LogP contribution in [0.3, 0.4) is 0 Å². The van der Waals surface area contributed by atoms with Crippen molar-refractivity contribution in [2.45, 2.75) is 38.8 Å². The molecule has 4 rings (SSSR count). The van der Waals surface area contributed by atoms with E-state index in [0.717, 1.165) is 18.4 Å². The van der Waals surface area contributed by atoms with Gasteiger partial charge < -0.3 is 15.0 Å². The van der Waals surface area contributed by atoms with Gasteiger partial charge in [0.25, 0.3) is 11.8 Å². The Bertz CT molecular complexity index is 1040. The van der Waals surface area contributed by atoms with Gasteiger partial charge in [0.05, 0.1) is 12.2 Å². The van der Waals surface area contributed by atoms with Crippen LogP contribution in [0.15, 0.2) is 55.1 Å². The summed E-state index contributed by atoms with van der Waals surface area (Å²) in [6.45, 7) is 7.94. The van der Waals surface area contributed by atoms with Gasteiger partial charge in [-0.3, -0.25) is 19.3 Å². The van der Waals surface area contributed by atoms with Crippen LogP contribution in [0, 0.1) is 0 Å². The molecule has 1 atom stereocenters. The molecule has 0 saturated heterocycles. The predicted molar refractivity (Wildman–Crippen MR) is 122 cm³/mol. The van der Waals surface area contributed by atoms with Gasteiger partial charge in [0.2, 0.25) is 5.91 Å². The monoisotopic (exact) mass is 433 g/mol. The lowest BCUT2D eigenvalue weighted by Gasteiger charge is -2.35. The molecule has 7 nitrogen and oxygen atoms in total. The summed E-state index contributed by atoms with van der Waals surface area (Å²) in [6.07, 6.45) is 0.797. The molecule has 166 valence electrons. The zero-order valence-electron chi connectivity index (χ0n) is 18.3. The van der Waals surface area contributed by atoms with Crippen LogP contribution in [-0.2, 0) is 9.59 Å². The SMILES string of the molecule is C=C1c2ccccc2C(=O)N1CC(=O)N1CC(C(=O)NC(CC)CC)Oc2ccccc21. The van der Waals surface area contributed by atoms with E-state index in [2.05, 4.69) is 11.9 Å². The number of hydrogen-bond donors (Lipinski definition) is 1. The number of ether oxygens (including phenoxy) is 1. The number of hydrogen-bond acceptors (Lipinski definition) is 4. The molecule has 7 heteroatoms. The largest absolute Gasteiger partial charge is 0.477 e. The number of amides is 3. The van der Waals surface area contributed by atoms with E-state index < -0.39 is 6.10 Å². The van der Waals surface area contributed by atoms with Crippen LogP contribution in [0.25, 0.3) is 5.70 Å². The molecule has 2 aliphatic rings. The van der Waals surface area contributed by atoms with E-state index in [1.54, 1.807) is 30.3 Å². The number of fused-ring (bicyclic) bond motifs is 2. The Kier molecular flexibility index (Phi) is 5.99. The number of nitrogens with zero attached hydrogens (tertiary/aromatic N) is 2.